The van der Waals surface area contributed by atoms with Gasteiger partial charge >= 0.3 is 0 Å². The third kappa shape index (κ3) is 19.4. The van der Waals surface area contributed by atoms with Gasteiger partial charge in [0.15, 0.2) is 0 Å². The summed E-state index contributed by atoms with van der Waals surface area (Å²) in [5.74, 6) is 0. The van der Waals surface area contributed by atoms with Crippen LogP contribution in [0.25, 0.3) is 0 Å². The fourth-order valence-electron chi connectivity index (χ4n) is 0.645. The van der Waals surface area contributed by atoms with Gasteiger partial charge < -0.3 is 24.8 Å². The van der Waals surface area contributed by atoms with Crippen molar-refractivity contribution in [1.29, 1.82) is 0 Å². The average Bonchev–Trinajstić information content (AvgIpc) is 2.23. The largest absolute Gasteiger partial charge is 0.394 e. The monoisotopic (exact) mass is 238 g/mol. The first-order valence-electron chi connectivity index (χ1n) is 5.60. The van der Waals surface area contributed by atoms with Crippen molar-refractivity contribution in [2.75, 3.05) is 26.4 Å². The van der Waals surface area contributed by atoms with Crippen LogP contribution in [-0.4, -0.2) is 60.1 Å². The van der Waals surface area contributed by atoms with Crippen molar-refractivity contribution >= 4 is 0 Å². The first-order valence-corrected chi connectivity index (χ1v) is 5.60. The molecule has 0 aliphatic carbocycles. The lowest BCUT2D eigenvalue weighted by Crippen LogP contribution is -2.19. The summed E-state index contributed by atoms with van der Waals surface area (Å²) in [5, 5.41) is 25.7. The average molecular weight is 238 g/mol. The number of aliphatic hydroxyl groups excluding tert-OH is 3. The molecular weight excluding hydrogens is 212 g/mol. The van der Waals surface area contributed by atoms with Crippen LogP contribution in [0.2, 0.25) is 0 Å². The molecule has 0 saturated carbocycles. The van der Waals surface area contributed by atoms with Gasteiger partial charge in [-0.25, -0.2) is 0 Å². The summed E-state index contributed by atoms with van der Waals surface area (Å²) in [6, 6.07) is 0. The van der Waals surface area contributed by atoms with Gasteiger partial charge in [0.25, 0.3) is 0 Å². The molecule has 16 heavy (non-hydrogen) atoms. The maximum absolute atomic E-state index is 8.69. The van der Waals surface area contributed by atoms with Gasteiger partial charge in [0.1, 0.15) is 0 Å². The minimum Gasteiger partial charge on any atom is -0.394 e. The summed E-state index contributed by atoms with van der Waals surface area (Å²) >= 11 is 0. The third-order valence-corrected chi connectivity index (χ3v) is 1.44. The number of aliphatic hydroxyl groups is 3. The van der Waals surface area contributed by atoms with Gasteiger partial charge in [-0.1, -0.05) is 0 Å². The second-order valence-electron chi connectivity index (χ2n) is 3.68. The first kappa shape index (κ1) is 18.2. The molecule has 0 aromatic carbocycles. The zero-order valence-electron chi connectivity index (χ0n) is 10.7. The van der Waals surface area contributed by atoms with Crippen molar-refractivity contribution < 1.29 is 24.8 Å². The van der Waals surface area contributed by atoms with E-state index < -0.39 is 6.10 Å². The van der Waals surface area contributed by atoms with Gasteiger partial charge in [-0.05, 0) is 27.7 Å². The smallest absolute Gasteiger partial charge is 0.0779 e. The fourth-order valence-corrected chi connectivity index (χ4v) is 0.645. The van der Waals surface area contributed by atoms with E-state index in [0.717, 1.165) is 0 Å². The van der Waals surface area contributed by atoms with Crippen LogP contribution >= 0.6 is 0 Å². The molecule has 5 nitrogen and oxygen atoms in total. The molecule has 3 N–H and O–H groups in total. The van der Waals surface area contributed by atoms with Gasteiger partial charge in [0, 0.05) is 6.61 Å². The van der Waals surface area contributed by atoms with E-state index >= 15 is 0 Å². The molecule has 0 radical (unpaired) electrons. The topological polar surface area (TPSA) is 79.2 Å². The lowest BCUT2D eigenvalue weighted by Gasteiger charge is -2.10. The highest BCUT2D eigenvalue weighted by atomic mass is 16.5. The van der Waals surface area contributed by atoms with E-state index in [2.05, 4.69) is 0 Å². The van der Waals surface area contributed by atoms with Gasteiger partial charge in [0.05, 0.1) is 38.1 Å². The molecule has 0 aromatic heterocycles. The molecule has 0 amide bonds. The Bertz CT molecular complexity index is 128. The van der Waals surface area contributed by atoms with E-state index in [0.29, 0.717) is 19.8 Å². The molecule has 3 unspecified atom stereocenters. The first-order chi connectivity index (χ1) is 7.43. The van der Waals surface area contributed by atoms with Crippen LogP contribution in [0.4, 0.5) is 0 Å². The molecule has 5 heteroatoms. The molecule has 3 atom stereocenters. The van der Waals surface area contributed by atoms with Crippen molar-refractivity contribution in [2.45, 2.75) is 46.0 Å². The van der Waals surface area contributed by atoms with Crippen molar-refractivity contribution in [3.63, 3.8) is 0 Å². The van der Waals surface area contributed by atoms with Crippen molar-refractivity contribution in [2.24, 2.45) is 0 Å². The summed E-state index contributed by atoms with van der Waals surface area (Å²) < 4.78 is 9.80. The number of rotatable bonds is 7. The standard InChI is InChI=1S/C6H14O3.C5H12O2/c1-5(8)4-9-6(2)3-7;1-3-7-4-5(2)6/h5-8H,3-4H2,1-2H3;5-6H,3-4H2,1-2H3. The molecule has 0 heterocycles. The number of hydrogen-bond acceptors (Lipinski definition) is 5. The zero-order chi connectivity index (χ0) is 13.0. The maximum Gasteiger partial charge on any atom is 0.0779 e. The highest BCUT2D eigenvalue weighted by Crippen LogP contribution is 1.90. The minimum absolute atomic E-state index is 0.00667. The van der Waals surface area contributed by atoms with E-state index in [-0.39, 0.29) is 18.8 Å². The van der Waals surface area contributed by atoms with Crippen LogP contribution < -0.4 is 0 Å². The Morgan fingerprint density at radius 2 is 1.50 bits per heavy atom. The number of ether oxygens (including phenoxy) is 2. The highest BCUT2D eigenvalue weighted by Gasteiger charge is 2.00. The van der Waals surface area contributed by atoms with Crippen molar-refractivity contribution in [1.82, 2.24) is 0 Å². The van der Waals surface area contributed by atoms with Crippen LogP contribution in [0.5, 0.6) is 0 Å². The summed E-state index contributed by atoms with van der Waals surface area (Å²) in [6.45, 7) is 8.44. The van der Waals surface area contributed by atoms with Gasteiger partial charge in [-0.3, -0.25) is 0 Å². The fraction of sp³-hybridized carbons (Fsp3) is 1.00. The Labute approximate surface area is 98.0 Å². The summed E-state index contributed by atoms with van der Waals surface area (Å²) in [7, 11) is 0. The van der Waals surface area contributed by atoms with Crippen LogP contribution in [0.15, 0.2) is 0 Å². The second kappa shape index (κ2) is 12.9. The lowest BCUT2D eigenvalue weighted by atomic mass is 10.4. The Morgan fingerprint density at radius 1 is 1.00 bits per heavy atom. The van der Waals surface area contributed by atoms with E-state index in [1.54, 1.807) is 20.8 Å². The Morgan fingerprint density at radius 3 is 1.75 bits per heavy atom. The molecule has 0 fully saturated rings. The third-order valence-electron chi connectivity index (χ3n) is 1.44. The molecule has 0 bridgehead atoms. The van der Waals surface area contributed by atoms with Crippen LogP contribution in [0, 0.1) is 0 Å². The quantitative estimate of drug-likeness (QED) is 0.589. The van der Waals surface area contributed by atoms with Crippen molar-refractivity contribution in [3.05, 3.63) is 0 Å². The summed E-state index contributed by atoms with van der Waals surface area (Å²) in [4.78, 5) is 0. The molecule has 0 aliphatic heterocycles. The van der Waals surface area contributed by atoms with Gasteiger partial charge in [-0.2, -0.15) is 0 Å². The van der Waals surface area contributed by atoms with Crippen LogP contribution in [0.3, 0.4) is 0 Å². The predicted molar refractivity (Wildman–Crippen MR) is 62.4 cm³/mol. The van der Waals surface area contributed by atoms with E-state index in [9.17, 15) is 0 Å². The van der Waals surface area contributed by atoms with Crippen LogP contribution in [-0.2, 0) is 9.47 Å². The molecule has 0 saturated heterocycles. The van der Waals surface area contributed by atoms with E-state index in [1.807, 2.05) is 6.92 Å². The normalized spacial score (nSPS) is 15.9. The highest BCUT2D eigenvalue weighted by molar-refractivity contribution is 4.47. The molecule has 0 spiro atoms. The predicted octanol–water partition coefficient (Wildman–Crippen LogP) is 0.168. The second-order valence-corrected chi connectivity index (χ2v) is 3.68. The van der Waals surface area contributed by atoms with Crippen LogP contribution in [0.1, 0.15) is 27.7 Å². The van der Waals surface area contributed by atoms with E-state index in [1.165, 1.54) is 0 Å². The number of hydrogen-bond donors (Lipinski definition) is 3. The maximum atomic E-state index is 8.69. The Hall–Kier alpha value is -0.200. The zero-order valence-corrected chi connectivity index (χ0v) is 10.7. The molecule has 0 aliphatic rings. The molecule has 0 rings (SSSR count). The van der Waals surface area contributed by atoms with Gasteiger partial charge in [-0.15, -0.1) is 0 Å². The summed E-state index contributed by atoms with van der Waals surface area (Å²) in [6.07, 6.45) is -0.932. The van der Waals surface area contributed by atoms with Gasteiger partial charge in [0.2, 0.25) is 0 Å². The summed E-state index contributed by atoms with van der Waals surface area (Å²) in [5.41, 5.74) is 0. The lowest BCUT2D eigenvalue weighted by molar-refractivity contribution is -0.0177. The molecule has 100 valence electrons. The Balaban J connectivity index is 0. The minimum atomic E-state index is -0.445. The SMILES string of the molecule is CC(O)COC(C)CO.CCOCC(C)O. The molecular formula is C11H26O5. The molecule has 0 aromatic rings. The van der Waals surface area contributed by atoms with E-state index in [4.69, 9.17) is 24.8 Å². The van der Waals surface area contributed by atoms with Crippen molar-refractivity contribution in [3.8, 4) is 0 Å². The Kier molecular flexibility index (Phi) is 14.6.